The second kappa shape index (κ2) is 8.36. The van der Waals surface area contributed by atoms with Gasteiger partial charge in [0.1, 0.15) is 5.82 Å². The zero-order valence-electron chi connectivity index (χ0n) is 14.7. The lowest BCUT2D eigenvalue weighted by Crippen LogP contribution is -2.12. The standard InChI is InChI=1S/C18H18FN5OS2/c1-3-10-24-16(22-23-18(24)26)15-11(2)20-17(27-15)21-14(25)9-8-12-6-4-5-7-13(12)19/h3-7H,1,8-10H2,2H3,(H,23,26)(H,20,21,25). The van der Waals surface area contributed by atoms with Gasteiger partial charge in [-0.2, -0.15) is 5.10 Å². The summed E-state index contributed by atoms with van der Waals surface area (Å²) in [5.41, 5.74) is 1.26. The number of benzene rings is 1. The first kappa shape index (κ1) is 19.1. The van der Waals surface area contributed by atoms with E-state index < -0.39 is 0 Å². The van der Waals surface area contributed by atoms with Gasteiger partial charge in [-0.15, -0.1) is 6.58 Å². The van der Waals surface area contributed by atoms with E-state index in [2.05, 4.69) is 27.1 Å². The van der Waals surface area contributed by atoms with Crippen molar-refractivity contribution >= 4 is 34.6 Å². The Morgan fingerprint density at radius 1 is 1.48 bits per heavy atom. The van der Waals surface area contributed by atoms with Gasteiger partial charge in [-0.05, 0) is 37.2 Å². The monoisotopic (exact) mass is 403 g/mol. The molecule has 0 saturated heterocycles. The minimum absolute atomic E-state index is 0.171. The molecule has 0 atom stereocenters. The molecule has 0 spiro atoms. The van der Waals surface area contributed by atoms with Crippen molar-refractivity contribution in [3.05, 3.63) is 58.8 Å². The number of H-pyrrole nitrogens is 1. The van der Waals surface area contributed by atoms with Gasteiger partial charge in [0.05, 0.1) is 10.6 Å². The van der Waals surface area contributed by atoms with Gasteiger partial charge in [0, 0.05) is 13.0 Å². The number of aromatic amines is 1. The molecule has 0 bridgehead atoms. The van der Waals surface area contributed by atoms with Crippen LogP contribution >= 0.6 is 23.6 Å². The molecule has 9 heteroatoms. The topological polar surface area (TPSA) is 75.6 Å². The summed E-state index contributed by atoms with van der Waals surface area (Å²) in [6.07, 6.45) is 2.23. The molecule has 140 valence electrons. The smallest absolute Gasteiger partial charge is 0.226 e. The third-order valence-corrected chi connectivity index (χ3v) is 5.28. The third kappa shape index (κ3) is 4.37. The fourth-order valence-electron chi connectivity index (χ4n) is 2.58. The Kier molecular flexibility index (Phi) is 5.92. The minimum atomic E-state index is -0.303. The fourth-order valence-corrected chi connectivity index (χ4v) is 3.77. The molecule has 2 N–H and O–H groups in total. The van der Waals surface area contributed by atoms with Crippen LogP contribution in [0.1, 0.15) is 17.7 Å². The van der Waals surface area contributed by atoms with E-state index in [1.165, 1.54) is 17.4 Å². The van der Waals surface area contributed by atoms with E-state index in [1.54, 1.807) is 24.3 Å². The lowest BCUT2D eigenvalue weighted by molar-refractivity contribution is -0.116. The zero-order chi connectivity index (χ0) is 19.4. The summed E-state index contributed by atoms with van der Waals surface area (Å²) < 4.78 is 15.9. The largest absolute Gasteiger partial charge is 0.302 e. The summed E-state index contributed by atoms with van der Waals surface area (Å²) in [5.74, 6) is 0.132. The zero-order valence-corrected chi connectivity index (χ0v) is 16.3. The number of aryl methyl sites for hydroxylation is 2. The second-order valence-electron chi connectivity index (χ2n) is 5.82. The van der Waals surface area contributed by atoms with Crippen LogP contribution in [0.3, 0.4) is 0 Å². The summed E-state index contributed by atoms with van der Waals surface area (Å²) in [4.78, 5) is 17.4. The summed E-state index contributed by atoms with van der Waals surface area (Å²) >= 11 is 6.55. The molecule has 0 aliphatic rings. The molecule has 0 aliphatic heterocycles. The van der Waals surface area contributed by atoms with Gasteiger partial charge in [-0.25, -0.2) is 9.37 Å². The van der Waals surface area contributed by atoms with Crippen molar-refractivity contribution in [3.63, 3.8) is 0 Å². The summed E-state index contributed by atoms with van der Waals surface area (Å²) in [5, 5.41) is 10.3. The number of halogens is 1. The number of nitrogens with one attached hydrogen (secondary N) is 2. The Labute approximate surface area is 164 Å². The highest BCUT2D eigenvalue weighted by molar-refractivity contribution is 7.71. The molecule has 3 aromatic rings. The lowest BCUT2D eigenvalue weighted by atomic mass is 10.1. The number of rotatable bonds is 7. The van der Waals surface area contributed by atoms with Crippen LogP contribution in [0.15, 0.2) is 36.9 Å². The molecule has 0 saturated carbocycles. The van der Waals surface area contributed by atoms with Gasteiger partial charge in [-0.1, -0.05) is 35.6 Å². The first-order valence-corrected chi connectivity index (χ1v) is 9.49. The van der Waals surface area contributed by atoms with Crippen molar-refractivity contribution in [3.8, 4) is 10.7 Å². The van der Waals surface area contributed by atoms with E-state index in [9.17, 15) is 9.18 Å². The highest BCUT2D eigenvalue weighted by Gasteiger charge is 2.17. The Hall–Kier alpha value is -2.65. The molecular formula is C18H18FN5OS2. The molecule has 0 aliphatic carbocycles. The fraction of sp³-hybridized carbons (Fsp3) is 0.222. The van der Waals surface area contributed by atoms with E-state index in [0.29, 0.717) is 34.3 Å². The van der Waals surface area contributed by atoms with Crippen LogP contribution < -0.4 is 5.32 Å². The summed E-state index contributed by atoms with van der Waals surface area (Å²) in [6, 6.07) is 6.44. The van der Waals surface area contributed by atoms with Gasteiger partial charge in [0.25, 0.3) is 0 Å². The van der Waals surface area contributed by atoms with Crippen molar-refractivity contribution in [2.45, 2.75) is 26.3 Å². The number of hydrogen-bond donors (Lipinski definition) is 2. The Morgan fingerprint density at radius 2 is 2.26 bits per heavy atom. The molecule has 0 unspecified atom stereocenters. The van der Waals surface area contributed by atoms with Crippen molar-refractivity contribution < 1.29 is 9.18 Å². The van der Waals surface area contributed by atoms with Crippen molar-refractivity contribution in [1.82, 2.24) is 19.7 Å². The van der Waals surface area contributed by atoms with Crippen LogP contribution in [0.4, 0.5) is 9.52 Å². The van der Waals surface area contributed by atoms with Crippen LogP contribution in [-0.2, 0) is 17.8 Å². The summed E-state index contributed by atoms with van der Waals surface area (Å²) in [6.45, 7) is 6.09. The predicted octanol–water partition coefficient (Wildman–Crippen LogP) is 4.27. The number of thiazole rings is 1. The van der Waals surface area contributed by atoms with Crippen LogP contribution in [0.25, 0.3) is 10.7 Å². The third-order valence-electron chi connectivity index (χ3n) is 3.90. The average Bonchev–Trinajstić information content (AvgIpc) is 3.17. The number of nitrogens with zero attached hydrogens (tertiary/aromatic N) is 3. The first-order valence-electron chi connectivity index (χ1n) is 8.26. The van der Waals surface area contributed by atoms with Gasteiger partial charge in [-0.3, -0.25) is 14.5 Å². The molecule has 1 aromatic carbocycles. The highest BCUT2D eigenvalue weighted by atomic mass is 32.1. The Bertz CT molecular complexity index is 1040. The van der Waals surface area contributed by atoms with E-state index >= 15 is 0 Å². The van der Waals surface area contributed by atoms with E-state index in [4.69, 9.17) is 12.2 Å². The van der Waals surface area contributed by atoms with Crippen molar-refractivity contribution in [2.75, 3.05) is 5.32 Å². The molecular weight excluding hydrogens is 385 g/mol. The molecule has 0 fully saturated rings. The Morgan fingerprint density at radius 3 is 3.00 bits per heavy atom. The number of aromatic nitrogens is 4. The van der Waals surface area contributed by atoms with Crippen molar-refractivity contribution in [2.24, 2.45) is 0 Å². The minimum Gasteiger partial charge on any atom is -0.302 e. The van der Waals surface area contributed by atoms with Gasteiger partial charge >= 0.3 is 0 Å². The maximum absolute atomic E-state index is 13.6. The SMILES string of the molecule is C=CCn1c(-c2sc(NC(=O)CCc3ccccc3F)nc2C)n[nH]c1=S. The van der Waals surface area contributed by atoms with E-state index in [-0.39, 0.29) is 18.1 Å². The van der Waals surface area contributed by atoms with Crippen LogP contribution in [0.5, 0.6) is 0 Å². The molecule has 2 heterocycles. The maximum Gasteiger partial charge on any atom is 0.226 e. The second-order valence-corrected chi connectivity index (χ2v) is 7.21. The van der Waals surface area contributed by atoms with Gasteiger partial charge in [0.15, 0.2) is 15.7 Å². The number of carbonyl (C=O) groups is 1. The maximum atomic E-state index is 13.6. The summed E-state index contributed by atoms with van der Waals surface area (Å²) in [7, 11) is 0. The van der Waals surface area contributed by atoms with Crippen LogP contribution in [0.2, 0.25) is 0 Å². The molecule has 0 radical (unpaired) electrons. The Balaban J connectivity index is 1.71. The number of hydrogen-bond acceptors (Lipinski definition) is 5. The lowest BCUT2D eigenvalue weighted by Gasteiger charge is -2.03. The van der Waals surface area contributed by atoms with E-state index in [1.807, 2.05) is 11.5 Å². The molecule has 6 nitrogen and oxygen atoms in total. The van der Waals surface area contributed by atoms with Crippen molar-refractivity contribution in [1.29, 1.82) is 0 Å². The average molecular weight is 404 g/mol. The molecule has 2 aromatic heterocycles. The first-order chi connectivity index (χ1) is 13.0. The predicted molar refractivity (Wildman–Crippen MR) is 107 cm³/mol. The number of allylic oxidation sites excluding steroid dienone is 1. The highest BCUT2D eigenvalue weighted by Crippen LogP contribution is 2.31. The van der Waals surface area contributed by atoms with Crippen LogP contribution in [-0.4, -0.2) is 25.7 Å². The molecule has 3 rings (SSSR count). The van der Waals surface area contributed by atoms with Crippen LogP contribution in [0, 0.1) is 17.5 Å². The number of carbonyl (C=O) groups excluding carboxylic acids is 1. The number of amides is 1. The molecule has 27 heavy (non-hydrogen) atoms. The molecule has 1 amide bonds. The van der Waals surface area contributed by atoms with Gasteiger partial charge < -0.3 is 5.32 Å². The quantitative estimate of drug-likeness (QED) is 0.456. The van der Waals surface area contributed by atoms with E-state index in [0.717, 1.165) is 10.6 Å². The normalized spacial score (nSPS) is 10.7. The van der Waals surface area contributed by atoms with Gasteiger partial charge in [0.2, 0.25) is 5.91 Å². The number of anilines is 1.